The highest BCUT2D eigenvalue weighted by molar-refractivity contribution is 8.00. The van der Waals surface area contributed by atoms with Gasteiger partial charge in [-0.3, -0.25) is 9.79 Å². The van der Waals surface area contributed by atoms with Gasteiger partial charge in [-0.25, -0.2) is 0 Å². The summed E-state index contributed by atoms with van der Waals surface area (Å²) in [6.07, 6.45) is 0.877. The molecule has 0 aromatic carbocycles. The van der Waals surface area contributed by atoms with Gasteiger partial charge in [0.2, 0.25) is 0 Å². The first-order chi connectivity index (χ1) is 11.0. The predicted octanol–water partition coefficient (Wildman–Crippen LogP) is 2.27. The molecule has 5 nitrogen and oxygen atoms in total. The minimum atomic E-state index is 0.0131. The Morgan fingerprint density at radius 2 is 2.17 bits per heavy atom. The summed E-state index contributed by atoms with van der Waals surface area (Å²) >= 11 is 3.48. The van der Waals surface area contributed by atoms with Crippen LogP contribution in [0.5, 0.6) is 0 Å². The number of amides is 1. The van der Waals surface area contributed by atoms with E-state index in [9.17, 15) is 4.79 Å². The minimum Gasteiger partial charge on any atom is -0.356 e. The third-order valence-corrected chi connectivity index (χ3v) is 5.77. The van der Waals surface area contributed by atoms with Gasteiger partial charge in [0.1, 0.15) is 0 Å². The van der Waals surface area contributed by atoms with Crippen molar-refractivity contribution >= 4 is 35.0 Å². The van der Waals surface area contributed by atoms with Crippen LogP contribution in [0, 0.1) is 0 Å². The highest BCUT2D eigenvalue weighted by Crippen LogP contribution is 2.29. The number of nitrogens with one attached hydrogen (secondary N) is 2. The van der Waals surface area contributed by atoms with Crippen LogP contribution in [0.25, 0.3) is 0 Å². The first kappa shape index (κ1) is 18.1. The monoisotopic (exact) mass is 354 g/mol. The molecule has 1 fully saturated rings. The van der Waals surface area contributed by atoms with Gasteiger partial charge in [-0.05, 0) is 31.7 Å². The maximum Gasteiger partial charge on any atom is 0.261 e. The van der Waals surface area contributed by atoms with Gasteiger partial charge < -0.3 is 15.5 Å². The van der Waals surface area contributed by atoms with Crippen LogP contribution in [-0.4, -0.2) is 60.5 Å². The second-order valence-electron chi connectivity index (χ2n) is 6.09. The fraction of sp³-hybridized carbons (Fsp3) is 0.625. The van der Waals surface area contributed by atoms with Crippen molar-refractivity contribution < 1.29 is 4.79 Å². The Hall–Kier alpha value is -1.21. The number of hydrogen-bond acceptors (Lipinski definition) is 4. The van der Waals surface area contributed by atoms with Crippen LogP contribution in [-0.2, 0) is 0 Å². The van der Waals surface area contributed by atoms with E-state index in [4.69, 9.17) is 0 Å². The average Bonchev–Trinajstić information content (AvgIpc) is 3.04. The van der Waals surface area contributed by atoms with Gasteiger partial charge >= 0.3 is 0 Å². The van der Waals surface area contributed by atoms with Gasteiger partial charge in [0, 0.05) is 43.7 Å². The molecule has 1 saturated heterocycles. The molecule has 7 heteroatoms. The van der Waals surface area contributed by atoms with Crippen molar-refractivity contribution in [3.63, 3.8) is 0 Å². The summed E-state index contributed by atoms with van der Waals surface area (Å²) in [4.78, 5) is 19.3. The quantitative estimate of drug-likeness (QED) is 0.484. The van der Waals surface area contributed by atoms with Crippen molar-refractivity contribution in [1.29, 1.82) is 0 Å². The topological polar surface area (TPSA) is 56.7 Å². The molecule has 0 unspecified atom stereocenters. The number of aliphatic imine (C=N–C) groups is 1. The van der Waals surface area contributed by atoms with Crippen molar-refractivity contribution in [2.24, 2.45) is 4.99 Å². The molecule has 2 N–H and O–H groups in total. The van der Waals surface area contributed by atoms with Crippen LogP contribution in [0.4, 0.5) is 0 Å². The summed E-state index contributed by atoms with van der Waals surface area (Å²) < 4.78 is 0.268. The second kappa shape index (κ2) is 8.59. The number of hydrogen-bond donors (Lipinski definition) is 2. The molecule has 0 bridgehead atoms. The van der Waals surface area contributed by atoms with Crippen molar-refractivity contribution in [3.05, 3.63) is 22.4 Å². The van der Waals surface area contributed by atoms with Gasteiger partial charge in [-0.15, -0.1) is 11.3 Å². The van der Waals surface area contributed by atoms with E-state index in [0.717, 1.165) is 42.6 Å². The van der Waals surface area contributed by atoms with Crippen LogP contribution in [0.3, 0.4) is 0 Å². The number of thiophene rings is 1. The minimum absolute atomic E-state index is 0.0131. The molecule has 2 heterocycles. The molecule has 128 valence electrons. The highest BCUT2D eigenvalue weighted by Gasteiger charge is 2.28. The molecule has 0 radical (unpaired) electrons. The lowest BCUT2D eigenvalue weighted by Crippen LogP contribution is -2.51. The molecule has 1 aliphatic heterocycles. The summed E-state index contributed by atoms with van der Waals surface area (Å²) in [6, 6.07) is 3.74. The van der Waals surface area contributed by atoms with E-state index >= 15 is 0 Å². The zero-order chi connectivity index (χ0) is 16.7. The lowest BCUT2D eigenvalue weighted by molar-refractivity contribution is 0.0957. The standard InChI is InChI=1S/C16H26N4OS2/c1-16(2)12-20(9-11-23-16)15(17-3)19-8-5-7-18-14(21)13-6-4-10-22-13/h4,6,10H,5,7-9,11-12H2,1-3H3,(H,17,19)(H,18,21). The Morgan fingerprint density at radius 1 is 1.39 bits per heavy atom. The highest BCUT2D eigenvalue weighted by atomic mass is 32.2. The van der Waals surface area contributed by atoms with Crippen LogP contribution < -0.4 is 10.6 Å². The van der Waals surface area contributed by atoms with Crippen molar-refractivity contribution in [2.45, 2.75) is 25.0 Å². The van der Waals surface area contributed by atoms with Crippen LogP contribution in [0.1, 0.15) is 29.9 Å². The third kappa shape index (κ3) is 5.73. The Morgan fingerprint density at radius 3 is 2.83 bits per heavy atom. The molecule has 23 heavy (non-hydrogen) atoms. The first-order valence-electron chi connectivity index (χ1n) is 7.93. The van der Waals surface area contributed by atoms with Crippen LogP contribution in [0.2, 0.25) is 0 Å². The molecule has 0 saturated carbocycles. The number of carbonyl (C=O) groups excluding carboxylic acids is 1. The smallest absolute Gasteiger partial charge is 0.261 e. The number of carbonyl (C=O) groups is 1. The van der Waals surface area contributed by atoms with E-state index in [-0.39, 0.29) is 10.7 Å². The maximum atomic E-state index is 11.8. The second-order valence-corrected chi connectivity index (χ2v) is 8.84. The molecular formula is C16H26N4OS2. The molecule has 0 spiro atoms. The van der Waals surface area contributed by atoms with E-state index in [1.165, 1.54) is 11.3 Å². The Labute approximate surface area is 146 Å². The van der Waals surface area contributed by atoms with Crippen LogP contribution >= 0.6 is 23.1 Å². The van der Waals surface area contributed by atoms with E-state index in [0.29, 0.717) is 6.54 Å². The molecule has 2 rings (SSSR count). The van der Waals surface area contributed by atoms with Gasteiger partial charge in [-0.2, -0.15) is 11.8 Å². The molecule has 0 aliphatic carbocycles. The normalized spacial score (nSPS) is 17.9. The molecule has 1 aromatic rings. The van der Waals surface area contributed by atoms with E-state index in [1.807, 2.05) is 36.3 Å². The first-order valence-corrected chi connectivity index (χ1v) is 9.79. The van der Waals surface area contributed by atoms with E-state index < -0.39 is 0 Å². The van der Waals surface area contributed by atoms with Crippen molar-refractivity contribution in [3.8, 4) is 0 Å². The third-order valence-electron chi connectivity index (χ3n) is 3.60. The largest absolute Gasteiger partial charge is 0.356 e. The maximum absolute atomic E-state index is 11.8. The molecular weight excluding hydrogens is 328 g/mol. The van der Waals surface area contributed by atoms with Crippen molar-refractivity contribution in [1.82, 2.24) is 15.5 Å². The number of rotatable bonds is 5. The van der Waals surface area contributed by atoms with E-state index in [2.05, 4.69) is 34.4 Å². The van der Waals surface area contributed by atoms with Gasteiger partial charge in [0.15, 0.2) is 5.96 Å². The van der Waals surface area contributed by atoms with Gasteiger partial charge in [-0.1, -0.05) is 6.07 Å². The Bertz CT molecular complexity index is 528. The van der Waals surface area contributed by atoms with Gasteiger partial charge in [0.05, 0.1) is 4.88 Å². The van der Waals surface area contributed by atoms with Crippen molar-refractivity contribution in [2.75, 3.05) is 39.0 Å². The summed E-state index contributed by atoms with van der Waals surface area (Å²) in [5, 5.41) is 8.26. The van der Waals surface area contributed by atoms with E-state index in [1.54, 1.807) is 0 Å². The van der Waals surface area contributed by atoms with Crippen LogP contribution in [0.15, 0.2) is 22.5 Å². The zero-order valence-corrected chi connectivity index (χ0v) is 15.7. The number of guanidine groups is 1. The molecule has 0 atom stereocenters. The number of thioether (sulfide) groups is 1. The molecule has 1 amide bonds. The Balaban J connectivity index is 1.67. The lowest BCUT2D eigenvalue weighted by Gasteiger charge is -2.39. The zero-order valence-electron chi connectivity index (χ0n) is 14.1. The average molecular weight is 355 g/mol. The summed E-state index contributed by atoms with van der Waals surface area (Å²) in [7, 11) is 1.83. The molecule has 1 aliphatic rings. The van der Waals surface area contributed by atoms with Gasteiger partial charge in [0.25, 0.3) is 5.91 Å². The SMILES string of the molecule is CN=C(NCCCNC(=O)c1cccs1)N1CCSC(C)(C)C1. The summed E-state index contributed by atoms with van der Waals surface area (Å²) in [5.74, 6) is 2.10. The summed E-state index contributed by atoms with van der Waals surface area (Å²) in [6.45, 7) is 8.06. The summed E-state index contributed by atoms with van der Waals surface area (Å²) in [5.41, 5.74) is 0. The number of nitrogens with zero attached hydrogens (tertiary/aromatic N) is 2. The fourth-order valence-electron chi connectivity index (χ4n) is 2.51. The lowest BCUT2D eigenvalue weighted by atomic mass is 10.2. The Kier molecular flexibility index (Phi) is 6.77. The molecule has 1 aromatic heterocycles. The predicted molar refractivity (Wildman–Crippen MR) is 101 cm³/mol. The fourth-order valence-corrected chi connectivity index (χ4v) is 4.27.